The lowest BCUT2D eigenvalue weighted by atomic mass is 9.77. The third-order valence-electron chi connectivity index (χ3n) is 7.15. The molecule has 3 aromatic carbocycles. The van der Waals surface area contributed by atoms with Gasteiger partial charge in [-0.05, 0) is 83.7 Å². The van der Waals surface area contributed by atoms with Crippen molar-refractivity contribution >= 4 is 5.91 Å². The first kappa shape index (κ1) is 25.0. The van der Waals surface area contributed by atoms with Crippen LogP contribution in [0.1, 0.15) is 86.6 Å². The summed E-state index contributed by atoms with van der Waals surface area (Å²) in [6.07, 6.45) is 1.97. The molecule has 0 spiro atoms. The molecule has 2 N–H and O–H groups in total. The van der Waals surface area contributed by atoms with Gasteiger partial charge in [-0.3, -0.25) is 9.69 Å². The predicted molar refractivity (Wildman–Crippen MR) is 143 cm³/mol. The van der Waals surface area contributed by atoms with Crippen LogP contribution in [-0.2, 0) is 4.79 Å². The summed E-state index contributed by atoms with van der Waals surface area (Å²) in [5, 5.41) is 0. The molecule has 0 radical (unpaired) electrons. The van der Waals surface area contributed by atoms with Gasteiger partial charge in [0.05, 0.1) is 6.54 Å². The van der Waals surface area contributed by atoms with Gasteiger partial charge >= 0.3 is 0 Å². The van der Waals surface area contributed by atoms with E-state index in [0.717, 1.165) is 30.9 Å². The molecular formula is C31H38N2O2. The lowest BCUT2D eigenvalue weighted by molar-refractivity contribution is -0.120. The van der Waals surface area contributed by atoms with Crippen LogP contribution in [0.4, 0.5) is 0 Å². The predicted octanol–water partition coefficient (Wildman–Crippen LogP) is 7.13. The van der Waals surface area contributed by atoms with Gasteiger partial charge in [-0.1, -0.05) is 76.2 Å². The van der Waals surface area contributed by atoms with Gasteiger partial charge in [0, 0.05) is 6.04 Å². The monoisotopic (exact) mass is 470 g/mol. The fourth-order valence-electron chi connectivity index (χ4n) is 5.43. The zero-order valence-corrected chi connectivity index (χ0v) is 21.4. The highest BCUT2D eigenvalue weighted by Crippen LogP contribution is 2.44. The van der Waals surface area contributed by atoms with Crippen LogP contribution in [0.3, 0.4) is 0 Å². The number of hydrogen-bond acceptors (Lipinski definition) is 3. The summed E-state index contributed by atoms with van der Waals surface area (Å²) >= 11 is 0. The van der Waals surface area contributed by atoms with Crippen molar-refractivity contribution in [3.63, 3.8) is 0 Å². The van der Waals surface area contributed by atoms with Gasteiger partial charge < -0.3 is 10.5 Å². The fraction of sp³-hybridized carbons (Fsp3) is 0.387. The molecule has 1 amide bonds. The van der Waals surface area contributed by atoms with Crippen molar-refractivity contribution in [2.45, 2.75) is 64.3 Å². The molecule has 1 aliphatic heterocycles. The van der Waals surface area contributed by atoms with E-state index in [0.29, 0.717) is 24.3 Å². The Hall–Kier alpha value is -3.11. The number of rotatable bonds is 8. The first-order chi connectivity index (χ1) is 16.8. The maximum atomic E-state index is 12.0. The number of likely N-dealkylation sites (tertiary alicyclic amines) is 1. The second-order valence-corrected chi connectivity index (χ2v) is 10.3. The first-order valence-electron chi connectivity index (χ1n) is 12.8. The van der Waals surface area contributed by atoms with Crippen molar-refractivity contribution in [2.75, 3.05) is 13.1 Å². The van der Waals surface area contributed by atoms with Gasteiger partial charge in [-0.2, -0.15) is 0 Å². The van der Waals surface area contributed by atoms with Gasteiger partial charge in [0.15, 0.2) is 0 Å². The summed E-state index contributed by atoms with van der Waals surface area (Å²) in [5.41, 5.74) is 11.2. The Morgan fingerprint density at radius 1 is 0.886 bits per heavy atom. The van der Waals surface area contributed by atoms with E-state index >= 15 is 0 Å². The van der Waals surface area contributed by atoms with Gasteiger partial charge in [0.2, 0.25) is 5.91 Å². The normalized spacial score (nSPS) is 18.7. The molecule has 1 fully saturated rings. The SMILES string of the molecule is CC(C)c1cccc(C(C)C)c1C1CC(c2ccc(Oc3ccccc3)cc2)CCN1CC(N)=O. The molecule has 2 unspecified atom stereocenters. The Morgan fingerprint density at radius 3 is 2.06 bits per heavy atom. The number of carbonyl (C=O) groups is 1. The third-order valence-corrected chi connectivity index (χ3v) is 7.15. The molecule has 2 atom stereocenters. The number of para-hydroxylation sites is 1. The topological polar surface area (TPSA) is 55.6 Å². The molecule has 4 nitrogen and oxygen atoms in total. The van der Waals surface area contributed by atoms with Crippen molar-refractivity contribution in [1.29, 1.82) is 0 Å². The molecule has 184 valence electrons. The summed E-state index contributed by atoms with van der Waals surface area (Å²) < 4.78 is 6.00. The van der Waals surface area contributed by atoms with E-state index in [1.807, 2.05) is 30.3 Å². The zero-order chi connectivity index (χ0) is 24.9. The average molecular weight is 471 g/mol. The van der Waals surface area contributed by atoms with Crippen molar-refractivity contribution in [2.24, 2.45) is 5.73 Å². The smallest absolute Gasteiger partial charge is 0.231 e. The van der Waals surface area contributed by atoms with Crippen LogP contribution in [0.5, 0.6) is 11.5 Å². The van der Waals surface area contributed by atoms with Crippen molar-refractivity contribution in [3.8, 4) is 11.5 Å². The highest BCUT2D eigenvalue weighted by atomic mass is 16.5. The quantitative estimate of drug-likeness (QED) is 0.381. The van der Waals surface area contributed by atoms with E-state index in [9.17, 15) is 4.79 Å². The average Bonchev–Trinajstić information content (AvgIpc) is 2.84. The highest BCUT2D eigenvalue weighted by molar-refractivity contribution is 5.76. The molecule has 0 aliphatic carbocycles. The van der Waals surface area contributed by atoms with Gasteiger partial charge in [-0.25, -0.2) is 0 Å². The Labute approximate surface area is 210 Å². The van der Waals surface area contributed by atoms with Crippen LogP contribution >= 0.6 is 0 Å². The van der Waals surface area contributed by atoms with E-state index < -0.39 is 0 Å². The Balaban J connectivity index is 1.64. The molecule has 4 heteroatoms. The minimum Gasteiger partial charge on any atom is -0.457 e. The summed E-state index contributed by atoms with van der Waals surface area (Å²) in [4.78, 5) is 14.3. The van der Waals surface area contributed by atoms with Gasteiger partial charge in [0.1, 0.15) is 11.5 Å². The van der Waals surface area contributed by atoms with Crippen LogP contribution < -0.4 is 10.5 Å². The molecule has 3 aromatic rings. The van der Waals surface area contributed by atoms with E-state index in [1.165, 1.54) is 22.3 Å². The number of benzene rings is 3. The van der Waals surface area contributed by atoms with E-state index in [4.69, 9.17) is 10.5 Å². The van der Waals surface area contributed by atoms with Crippen LogP contribution in [-0.4, -0.2) is 23.9 Å². The number of piperidine rings is 1. The van der Waals surface area contributed by atoms with Crippen molar-refractivity contribution < 1.29 is 9.53 Å². The molecule has 0 saturated carbocycles. The number of amides is 1. The number of primary amides is 1. The second-order valence-electron chi connectivity index (χ2n) is 10.3. The molecule has 1 saturated heterocycles. The standard InChI is InChI=1S/C31H38N2O2/c1-21(2)27-11-8-12-28(22(3)4)31(27)29-19-24(17-18-33(29)20-30(32)34)23-13-15-26(16-14-23)35-25-9-6-5-7-10-25/h5-16,21-22,24,29H,17-20H2,1-4H3,(H2,32,34). The third kappa shape index (κ3) is 5.94. The molecule has 0 bridgehead atoms. The maximum absolute atomic E-state index is 12.0. The first-order valence-corrected chi connectivity index (χ1v) is 12.8. The molecule has 1 aliphatic rings. The minimum atomic E-state index is -0.260. The molecule has 4 rings (SSSR count). The number of nitrogens with zero attached hydrogens (tertiary/aromatic N) is 1. The highest BCUT2D eigenvalue weighted by Gasteiger charge is 2.34. The molecular weight excluding hydrogens is 432 g/mol. The Morgan fingerprint density at radius 2 is 1.49 bits per heavy atom. The van der Waals surface area contributed by atoms with Crippen LogP contribution in [0.15, 0.2) is 72.8 Å². The summed E-state index contributed by atoms with van der Waals surface area (Å²) in [6.45, 7) is 10.2. The van der Waals surface area contributed by atoms with Crippen LogP contribution in [0.2, 0.25) is 0 Å². The van der Waals surface area contributed by atoms with Crippen LogP contribution in [0.25, 0.3) is 0 Å². The Kier molecular flexibility index (Phi) is 7.92. The second kappa shape index (κ2) is 11.1. The summed E-state index contributed by atoms with van der Waals surface area (Å²) in [6, 6.07) is 25.2. The molecule has 1 heterocycles. The lowest BCUT2D eigenvalue weighted by Gasteiger charge is -2.41. The Bertz CT molecular complexity index is 1100. The molecule has 0 aromatic heterocycles. The van der Waals surface area contributed by atoms with Gasteiger partial charge in [-0.15, -0.1) is 0 Å². The van der Waals surface area contributed by atoms with Crippen molar-refractivity contribution in [1.82, 2.24) is 4.90 Å². The summed E-state index contributed by atoms with van der Waals surface area (Å²) in [7, 11) is 0. The van der Waals surface area contributed by atoms with Gasteiger partial charge in [0.25, 0.3) is 0 Å². The van der Waals surface area contributed by atoms with E-state index in [2.05, 4.69) is 75.1 Å². The molecule has 35 heavy (non-hydrogen) atoms. The largest absolute Gasteiger partial charge is 0.457 e. The zero-order valence-electron chi connectivity index (χ0n) is 21.4. The minimum absolute atomic E-state index is 0.164. The lowest BCUT2D eigenvalue weighted by Crippen LogP contribution is -2.42. The number of nitrogens with two attached hydrogens (primary N) is 1. The fourth-order valence-corrected chi connectivity index (χ4v) is 5.43. The number of ether oxygens (including phenoxy) is 1. The maximum Gasteiger partial charge on any atom is 0.231 e. The van der Waals surface area contributed by atoms with Crippen LogP contribution in [0, 0.1) is 0 Å². The number of carbonyl (C=O) groups excluding carboxylic acids is 1. The number of hydrogen-bond donors (Lipinski definition) is 1. The summed E-state index contributed by atoms with van der Waals surface area (Å²) in [5.74, 6) is 2.66. The van der Waals surface area contributed by atoms with E-state index in [-0.39, 0.29) is 11.9 Å². The van der Waals surface area contributed by atoms with E-state index in [1.54, 1.807) is 0 Å². The van der Waals surface area contributed by atoms with Crippen molar-refractivity contribution in [3.05, 3.63) is 95.1 Å².